The number of hydrogen-bond donors (Lipinski definition) is 0. The zero-order valence-corrected chi connectivity index (χ0v) is 9.49. The summed E-state index contributed by atoms with van der Waals surface area (Å²) >= 11 is 0. The van der Waals surface area contributed by atoms with Crippen LogP contribution < -0.4 is 4.74 Å². The standard InChI is InChI=1S/C14H14O2/c1-4-11-12(6-5-7-13(11)15-3)14-9-8-10(2)16-14/h4-9H,1H2,2-3H3. The molecule has 0 atom stereocenters. The zero-order valence-electron chi connectivity index (χ0n) is 9.49. The zero-order chi connectivity index (χ0) is 11.5. The predicted molar refractivity (Wildman–Crippen MR) is 65.5 cm³/mol. The molecule has 0 N–H and O–H groups in total. The van der Waals surface area contributed by atoms with Gasteiger partial charge in [0.05, 0.1) is 7.11 Å². The summed E-state index contributed by atoms with van der Waals surface area (Å²) in [7, 11) is 1.65. The minimum atomic E-state index is 0.807. The highest BCUT2D eigenvalue weighted by Gasteiger charge is 2.10. The van der Waals surface area contributed by atoms with Gasteiger partial charge in [0.15, 0.2) is 0 Å². The molecule has 0 unspecified atom stereocenters. The molecule has 1 aromatic carbocycles. The van der Waals surface area contributed by atoms with Crippen molar-refractivity contribution in [2.75, 3.05) is 7.11 Å². The van der Waals surface area contributed by atoms with E-state index in [9.17, 15) is 0 Å². The number of rotatable bonds is 3. The van der Waals surface area contributed by atoms with Crippen molar-refractivity contribution < 1.29 is 9.15 Å². The molecule has 0 saturated heterocycles. The number of aryl methyl sites for hydroxylation is 1. The molecule has 2 aromatic rings. The topological polar surface area (TPSA) is 22.4 Å². The van der Waals surface area contributed by atoms with Crippen LogP contribution >= 0.6 is 0 Å². The van der Waals surface area contributed by atoms with Gasteiger partial charge in [-0.2, -0.15) is 0 Å². The van der Waals surface area contributed by atoms with Crippen LogP contribution in [0.5, 0.6) is 5.75 Å². The third-order valence-corrected chi connectivity index (χ3v) is 2.50. The first kappa shape index (κ1) is 10.6. The van der Waals surface area contributed by atoms with Gasteiger partial charge in [-0.05, 0) is 25.1 Å². The lowest BCUT2D eigenvalue weighted by atomic mass is 10.0. The molecule has 82 valence electrons. The number of furan rings is 1. The smallest absolute Gasteiger partial charge is 0.134 e. The van der Waals surface area contributed by atoms with E-state index in [1.807, 2.05) is 37.3 Å². The number of ether oxygens (including phenoxy) is 1. The maximum atomic E-state index is 5.61. The second kappa shape index (κ2) is 4.27. The van der Waals surface area contributed by atoms with Crippen LogP contribution in [0.1, 0.15) is 11.3 Å². The molecule has 1 heterocycles. The van der Waals surface area contributed by atoms with E-state index in [-0.39, 0.29) is 0 Å². The third kappa shape index (κ3) is 1.74. The number of hydrogen-bond acceptors (Lipinski definition) is 2. The van der Waals surface area contributed by atoms with Crippen LogP contribution in [0.3, 0.4) is 0 Å². The summed E-state index contributed by atoms with van der Waals surface area (Å²) in [6, 6.07) is 9.76. The van der Waals surface area contributed by atoms with E-state index in [0.29, 0.717) is 0 Å². The fourth-order valence-electron chi connectivity index (χ4n) is 1.73. The molecule has 0 aliphatic heterocycles. The Balaban J connectivity index is 2.60. The van der Waals surface area contributed by atoms with Crippen molar-refractivity contribution in [2.24, 2.45) is 0 Å². The normalized spacial score (nSPS) is 10.1. The van der Waals surface area contributed by atoms with Gasteiger partial charge >= 0.3 is 0 Å². The highest BCUT2D eigenvalue weighted by Crippen LogP contribution is 2.32. The van der Waals surface area contributed by atoms with Gasteiger partial charge in [-0.25, -0.2) is 0 Å². The molecule has 16 heavy (non-hydrogen) atoms. The van der Waals surface area contributed by atoms with Gasteiger partial charge < -0.3 is 9.15 Å². The van der Waals surface area contributed by atoms with Crippen LogP contribution in [0.25, 0.3) is 17.4 Å². The molecule has 0 radical (unpaired) electrons. The fraction of sp³-hybridized carbons (Fsp3) is 0.143. The van der Waals surface area contributed by atoms with Gasteiger partial charge in [0.2, 0.25) is 0 Å². The first-order valence-electron chi connectivity index (χ1n) is 5.12. The first-order valence-corrected chi connectivity index (χ1v) is 5.12. The summed E-state index contributed by atoms with van der Waals surface area (Å²) in [6.45, 7) is 5.74. The van der Waals surface area contributed by atoms with Crippen LogP contribution in [0.4, 0.5) is 0 Å². The van der Waals surface area contributed by atoms with Crippen LogP contribution in [-0.4, -0.2) is 7.11 Å². The van der Waals surface area contributed by atoms with Crippen molar-refractivity contribution >= 4 is 6.08 Å². The minimum absolute atomic E-state index is 0.807. The Morgan fingerprint density at radius 1 is 1.25 bits per heavy atom. The molecule has 0 saturated carbocycles. The summed E-state index contributed by atoms with van der Waals surface area (Å²) < 4.78 is 10.9. The van der Waals surface area contributed by atoms with E-state index in [2.05, 4.69) is 6.58 Å². The SMILES string of the molecule is C=Cc1c(OC)cccc1-c1ccc(C)o1. The Morgan fingerprint density at radius 2 is 2.06 bits per heavy atom. The quantitative estimate of drug-likeness (QED) is 0.773. The molecule has 2 nitrogen and oxygen atoms in total. The molecule has 2 heteroatoms. The lowest BCUT2D eigenvalue weighted by Gasteiger charge is -2.08. The van der Waals surface area contributed by atoms with Crippen LogP contribution in [-0.2, 0) is 0 Å². The maximum Gasteiger partial charge on any atom is 0.134 e. The monoisotopic (exact) mass is 214 g/mol. The Hall–Kier alpha value is -1.96. The molecule has 0 amide bonds. The highest BCUT2D eigenvalue weighted by molar-refractivity contribution is 5.75. The largest absolute Gasteiger partial charge is 0.496 e. The average molecular weight is 214 g/mol. The Labute approximate surface area is 95.2 Å². The average Bonchev–Trinajstić information content (AvgIpc) is 2.74. The van der Waals surface area contributed by atoms with E-state index in [4.69, 9.17) is 9.15 Å². The van der Waals surface area contributed by atoms with Crippen LogP contribution in [0, 0.1) is 6.92 Å². The molecule has 0 spiro atoms. The molecule has 1 aromatic heterocycles. The molecular weight excluding hydrogens is 200 g/mol. The van der Waals surface area contributed by atoms with Crippen molar-refractivity contribution in [3.8, 4) is 17.1 Å². The molecule has 0 bridgehead atoms. The van der Waals surface area contributed by atoms with E-state index >= 15 is 0 Å². The van der Waals surface area contributed by atoms with Crippen molar-refractivity contribution in [1.82, 2.24) is 0 Å². The second-order valence-corrected chi connectivity index (χ2v) is 3.54. The van der Waals surface area contributed by atoms with Crippen molar-refractivity contribution in [3.63, 3.8) is 0 Å². The molecule has 2 rings (SSSR count). The van der Waals surface area contributed by atoms with Gasteiger partial charge in [-0.15, -0.1) is 0 Å². The minimum Gasteiger partial charge on any atom is -0.496 e. The van der Waals surface area contributed by atoms with E-state index < -0.39 is 0 Å². The first-order chi connectivity index (χ1) is 7.76. The van der Waals surface area contributed by atoms with Gasteiger partial charge in [0.25, 0.3) is 0 Å². The summed E-state index contributed by atoms with van der Waals surface area (Å²) in [5, 5.41) is 0. The molecular formula is C14H14O2. The Bertz CT molecular complexity index is 509. The number of methoxy groups -OCH3 is 1. The fourth-order valence-corrected chi connectivity index (χ4v) is 1.73. The summed E-state index contributed by atoms with van der Waals surface area (Å²) in [5.41, 5.74) is 1.96. The summed E-state index contributed by atoms with van der Waals surface area (Å²) in [4.78, 5) is 0. The van der Waals surface area contributed by atoms with Gasteiger partial charge in [-0.3, -0.25) is 0 Å². The van der Waals surface area contributed by atoms with Crippen LogP contribution in [0.2, 0.25) is 0 Å². The highest BCUT2D eigenvalue weighted by atomic mass is 16.5. The van der Waals surface area contributed by atoms with Gasteiger partial charge in [0.1, 0.15) is 17.3 Å². The lowest BCUT2D eigenvalue weighted by molar-refractivity contribution is 0.414. The van der Waals surface area contributed by atoms with Gasteiger partial charge in [-0.1, -0.05) is 24.8 Å². The van der Waals surface area contributed by atoms with E-state index in [1.165, 1.54) is 0 Å². The molecule has 0 aliphatic rings. The third-order valence-electron chi connectivity index (χ3n) is 2.50. The van der Waals surface area contributed by atoms with Gasteiger partial charge in [0, 0.05) is 11.1 Å². The summed E-state index contributed by atoms with van der Waals surface area (Å²) in [6.07, 6.45) is 1.78. The van der Waals surface area contributed by atoms with E-state index in [0.717, 1.165) is 28.4 Å². The molecule has 0 fully saturated rings. The molecule has 0 aliphatic carbocycles. The van der Waals surface area contributed by atoms with Crippen molar-refractivity contribution in [2.45, 2.75) is 6.92 Å². The lowest BCUT2D eigenvalue weighted by Crippen LogP contribution is -1.89. The van der Waals surface area contributed by atoms with Crippen LogP contribution in [0.15, 0.2) is 41.3 Å². The Morgan fingerprint density at radius 3 is 2.62 bits per heavy atom. The Kier molecular flexibility index (Phi) is 2.82. The van der Waals surface area contributed by atoms with E-state index in [1.54, 1.807) is 13.2 Å². The summed E-state index contributed by atoms with van der Waals surface area (Å²) in [5.74, 6) is 2.54. The maximum absolute atomic E-state index is 5.61. The van der Waals surface area contributed by atoms with Crippen molar-refractivity contribution in [3.05, 3.63) is 48.2 Å². The number of benzene rings is 1. The predicted octanol–water partition coefficient (Wildman–Crippen LogP) is 3.91. The van der Waals surface area contributed by atoms with Crippen molar-refractivity contribution in [1.29, 1.82) is 0 Å². The second-order valence-electron chi connectivity index (χ2n) is 3.54.